The third-order valence-electron chi connectivity index (χ3n) is 3.17. The Morgan fingerprint density at radius 1 is 1.17 bits per heavy atom. The summed E-state index contributed by atoms with van der Waals surface area (Å²) in [4.78, 5) is 0.806. The molecule has 3 rings (SSSR count). The molecule has 0 atom stereocenters. The van der Waals surface area contributed by atoms with Crippen LogP contribution in [0.25, 0.3) is 17.1 Å². The van der Waals surface area contributed by atoms with Gasteiger partial charge in [-0.1, -0.05) is 23.5 Å². The zero-order valence-electron chi connectivity index (χ0n) is 13.0. The normalized spacial score (nSPS) is 11.4. The van der Waals surface area contributed by atoms with E-state index < -0.39 is 0 Å². The van der Waals surface area contributed by atoms with Crippen molar-refractivity contribution in [3.05, 3.63) is 34.6 Å². The van der Waals surface area contributed by atoms with Crippen LogP contribution in [0, 0.1) is 0 Å². The van der Waals surface area contributed by atoms with E-state index in [0.29, 0.717) is 11.5 Å². The molecule has 0 N–H and O–H groups in total. The average Bonchev–Trinajstić information content (AvgIpc) is 3.14. The lowest BCUT2D eigenvalue weighted by atomic mass is 10.2. The van der Waals surface area contributed by atoms with Crippen molar-refractivity contribution in [3.8, 4) is 11.5 Å². The summed E-state index contributed by atoms with van der Waals surface area (Å²) in [7, 11) is 3.25. The van der Waals surface area contributed by atoms with Crippen molar-refractivity contribution >= 4 is 40.2 Å². The highest BCUT2D eigenvalue weighted by Crippen LogP contribution is 2.28. The standard InChI is InChI=1S/C15H16N4O2S2/c1-20-11-6-4-10(8-12(11)21-2)5-7-14-18-19-13(9-22-3)16-17-15(19)23-14/h4-8H,9H2,1-3H3/b7-5+. The number of rotatable bonds is 6. The van der Waals surface area contributed by atoms with E-state index in [4.69, 9.17) is 9.47 Å². The first-order chi connectivity index (χ1) is 11.2. The lowest BCUT2D eigenvalue weighted by Crippen LogP contribution is -1.93. The fraction of sp³-hybridized carbons (Fsp3) is 0.267. The van der Waals surface area contributed by atoms with Crippen LogP contribution in [0.5, 0.6) is 11.5 Å². The van der Waals surface area contributed by atoms with Crippen LogP contribution in [-0.4, -0.2) is 40.3 Å². The van der Waals surface area contributed by atoms with Gasteiger partial charge in [0.15, 0.2) is 17.3 Å². The first-order valence-electron chi connectivity index (χ1n) is 6.85. The molecule has 0 spiro atoms. The Morgan fingerprint density at radius 3 is 2.74 bits per heavy atom. The van der Waals surface area contributed by atoms with E-state index in [0.717, 1.165) is 27.1 Å². The molecule has 0 aliphatic heterocycles. The predicted molar refractivity (Wildman–Crippen MR) is 94.4 cm³/mol. The summed E-state index contributed by atoms with van der Waals surface area (Å²) < 4.78 is 12.4. The Balaban J connectivity index is 1.85. The number of benzene rings is 1. The van der Waals surface area contributed by atoms with Crippen LogP contribution in [0.4, 0.5) is 0 Å². The van der Waals surface area contributed by atoms with Crippen LogP contribution in [-0.2, 0) is 5.75 Å². The summed E-state index contributed by atoms with van der Waals surface area (Å²) in [5, 5.41) is 13.7. The van der Waals surface area contributed by atoms with E-state index in [-0.39, 0.29) is 0 Å². The maximum absolute atomic E-state index is 5.31. The predicted octanol–water partition coefficient (Wildman–Crippen LogP) is 3.24. The highest BCUT2D eigenvalue weighted by Gasteiger charge is 2.09. The minimum Gasteiger partial charge on any atom is -0.493 e. The van der Waals surface area contributed by atoms with Crippen molar-refractivity contribution in [3.63, 3.8) is 0 Å². The van der Waals surface area contributed by atoms with Crippen LogP contribution in [0.1, 0.15) is 16.4 Å². The molecule has 6 nitrogen and oxygen atoms in total. The van der Waals surface area contributed by atoms with Crippen molar-refractivity contribution in [1.82, 2.24) is 19.8 Å². The quantitative estimate of drug-likeness (QED) is 0.681. The van der Waals surface area contributed by atoms with Crippen molar-refractivity contribution < 1.29 is 9.47 Å². The number of hydrogen-bond acceptors (Lipinski definition) is 7. The smallest absolute Gasteiger partial charge is 0.234 e. The third-order valence-corrected chi connectivity index (χ3v) is 4.58. The van der Waals surface area contributed by atoms with Gasteiger partial charge in [-0.25, -0.2) is 0 Å². The SMILES string of the molecule is COc1ccc(/C=C/c2nn3c(CSC)nnc3s2)cc1OC. The monoisotopic (exact) mass is 348 g/mol. The molecule has 120 valence electrons. The molecule has 0 fully saturated rings. The van der Waals surface area contributed by atoms with E-state index in [1.54, 1.807) is 30.5 Å². The van der Waals surface area contributed by atoms with Gasteiger partial charge < -0.3 is 9.47 Å². The Hall–Kier alpha value is -2.06. The zero-order valence-corrected chi connectivity index (χ0v) is 14.6. The Labute approximate surface area is 142 Å². The van der Waals surface area contributed by atoms with Gasteiger partial charge in [0, 0.05) is 0 Å². The van der Waals surface area contributed by atoms with E-state index in [1.807, 2.05) is 36.6 Å². The highest BCUT2D eigenvalue weighted by molar-refractivity contribution is 7.97. The lowest BCUT2D eigenvalue weighted by molar-refractivity contribution is 0.355. The molecule has 1 aromatic carbocycles. The molecular weight excluding hydrogens is 332 g/mol. The molecule has 0 saturated heterocycles. The molecule has 0 unspecified atom stereocenters. The maximum atomic E-state index is 5.31. The first kappa shape index (κ1) is 15.8. The molecule has 2 aromatic heterocycles. The Morgan fingerprint density at radius 2 is 2.00 bits per heavy atom. The topological polar surface area (TPSA) is 61.5 Å². The molecule has 0 aliphatic rings. The number of aromatic nitrogens is 4. The minimum absolute atomic E-state index is 0.704. The molecule has 2 heterocycles. The van der Waals surface area contributed by atoms with Crippen LogP contribution < -0.4 is 9.47 Å². The van der Waals surface area contributed by atoms with Crippen LogP contribution in [0.3, 0.4) is 0 Å². The number of thioether (sulfide) groups is 1. The van der Waals surface area contributed by atoms with Crippen molar-refractivity contribution in [1.29, 1.82) is 0 Å². The summed E-state index contributed by atoms with van der Waals surface area (Å²) in [5.41, 5.74) is 1.01. The second kappa shape index (κ2) is 7.01. The maximum Gasteiger partial charge on any atom is 0.234 e. The summed E-state index contributed by atoms with van der Waals surface area (Å²) in [5.74, 6) is 3.08. The lowest BCUT2D eigenvalue weighted by Gasteiger charge is -2.07. The van der Waals surface area contributed by atoms with Crippen molar-refractivity contribution in [2.75, 3.05) is 20.5 Å². The summed E-state index contributed by atoms with van der Waals surface area (Å²) in [6, 6.07) is 5.78. The summed E-state index contributed by atoms with van der Waals surface area (Å²) in [6.07, 6.45) is 5.98. The molecule has 0 amide bonds. The van der Waals surface area contributed by atoms with Gasteiger partial charge in [0.2, 0.25) is 4.96 Å². The minimum atomic E-state index is 0.704. The van der Waals surface area contributed by atoms with Crippen LogP contribution >= 0.6 is 23.1 Å². The molecule has 8 heteroatoms. The van der Waals surface area contributed by atoms with Gasteiger partial charge in [0.05, 0.1) is 20.0 Å². The first-order valence-corrected chi connectivity index (χ1v) is 9.06. The number of nitrogens with zero attached hydrogens (tertiary/aromatic N) is 4. The fourth-order valence-corrected chi connectivity index (χ4v) is 3.28. The van der Waals surface area contributed by atoms with Gasteiger partial charge in [0.25, 0.3) is 0 Å². The van der Waals surface area contributed by atoms with Crippen LogP contribution in [0.2, 0.25) is 0 Å². The molecule has 0 bridgehead atoms. The molecule has 3 aromatic rings. The number of fused-ring (bicyclic) bond motifs is 1. The third kappa shape index (κ3) is 3.32. The number of hydrogen-bond donors (Lipinski definition) is 0. The van der Waals surface area contributed by atoms with Crippen molar-refractivity contribution in [2.24, 2.45) is 0 Å². The van der Waals surface area contributed by atoms with Gasteiger partial charge in [-0.15, -0.1) is 10.2 Å². The average molecular weight is 348 g/mol. The number of methoxy groups -OCH3 is 2. The van der Waals surface area contributed by atoms with Crippen molar-refractivity contribution in [2.45, 2.75) is 5.75 Å². The second-order valence-corrected chi connectivity index (χ2v) is 6.49. The van der Waals surface area contributed by atoms with Gasteiger partial charge in [-0.2, -0.15) is 21.4 Å². The zero-order chi connectivity index (χ0) is 16.2. The molecule has 0 aliphatic carbocycles. The van der Waals surface area contributed by atoms with Crippen LogP contribution in [0.15, 0.2) is 18.2 Å². The van der Waals surface area contributed by atoms with Gasteiger partial charge >= 0.3 is 0 Å². The molecular formula is C15H16N4O2S2. The van der Waals surface area contributed by atoms with E-state index in [9.17, 15) is 0 Å². The molecule has 0 radical (unpaired) electrons. The van der Waals surface area contributed by atoms with E-state index in [1.165, 1.54) is 11.3 Å². The Bertz CT molecular complexity index is 841. The summed E-state index contributed by atoms with van der Waals surface area (Å²) in [6.45, 7) is 0. The largest absolute Gasteiger partial charge is 0.493 e. The highest BCUT2D eigenvalue weighted by atomic mass is 32.2. The summed E-state index contributed by atoms with van der Waals surface area (Å²) >= 11 is 3.21. The fourth-order valence-electron chi connectivity index (χ4n) is 2.08. The molecule has 0 saturated carbocycles. The molecule has 23 heavy (non-hydrogen) atoms. The number of ether oxygens (including phenoxy) is 2. The van der Waals surface area contributed by atoms with Gasteiger partial charge in [0.1, 0.15) is 5.01 Å². The van der Waals surface area contributed by atoms with E-state index >= 15 is 0 Å². The van der Waals surface area contributed by atoms with Gasteiger partial charge in [-0.05, 0) is 30.0 Å². The second-order valence-electron chi connectivity index (χ2n) is 4.63. The van der Waals surface area contributed by atoms with E-state index in [2.05, 4.69) is 15.3 Å². The van der Waals surface area contributed by atoms with Gasteiger partial charge in [-0.3, -0.25) is 0 Å². The Kier molecular flexibility index (Phi) is 4.82.